The molecule has 8 heteroatoms. The maximum Gasteiger partial charge on any atom is 0.322 e. The van der Waals surface area contributed by atoms with E-state index in [4.69, 9.17) is 9.84 Å². The van der Waals surface area contributed by atoms with E-state index in [0.29, 0.717) is 18.5 Å². The number of aryl methyl sites for hydroxylation is 2. The van der Waals surface area contributed by atoms with Crippen LogP contribution in [0.4, 0.5) is 5.69 Å². The number of carboxylic acids is 1. The van der Waals surface area contributed by atoms with Crippen molar-refractivity contribution >= 4 is 45.4 Å². The number of ether oxygens (including phenoxy) is 1. The zero-order chi connectivity index (χ0) is 24.1. The van der Waals surface area contributed by atoms with Crippen molar-refractivity contribution in [1.82, 2.24) is 0 Å². The van der Waals surface area contributed by atoms with Crippen molar-refractivity contribution in [2.45, 2.75) is 57.8 Å². The third-order valence-electron chi connectivity index (χ3n) is 4.89. The van der Waals surface area contributed by atoms with Crippen LogP contribution in [0, 0.1) is 0 Å². The molecule has 0 aliphatic carbocycles. The first-order valence-electron chi connectivity index (χ1n) is 10.9. The molecule has 0 spiro atoms. The number of carbonyl (C=O) groups is 4. The summed E-state index contributed by atoms with van der Waals surface area (Å²) in [6.07, 6.45) is 4.31. The van der Waals surface area contributed by atoms with E-state index in [9.17, 15) is 19.2 Å². The summed E-state index contributed by atoms with van der Waals surface area (Å²) in [5.41, 5.74) is 2.88. The van der Waals surface area contributed by atoms with Gasteiger partial charge in [-0.25, -0.2) is 0 Å². The Hall–Kier alpha value is -3.00. The predicted molar refractivity (Wildman–Crippen MR) is 128 cm³/mol. The van der Waals surface area contributed by atoms with Crippen LogP contribution in [-0.2, 0) is 36.8 Å². The number of hydrogen-bond acceptors (Lipinski definition) is 5. The number of benzene rings is 2. The SMILES string of the molecule is O=C(O)CCCCc1ccc(CCCCC(=O)OC(=O)CC(=O)Nc2ccc(Br)cc2)cc1. The molecule has 0 fully saturated rings. The van der Waals surface area contributed by atoms with Crippen molar-refractivity contribution in [3.8, 4) is 0 Å². The molecular weight excluding hydrogens is 490 g/mol. The lowest BCUT2D eigenvalue weighted by atomic mass is 10.0. The zero-order valence-electron chi connectivity index (χ0n) is 18.3. The molecule has 0 radical (unpaired) electrons. The van der Waals surface area contributed by atoms with Crippen LogP contribution in [0.3, 0.4) is 0 Å². The van der Waals surface area contributed by atoms with Crippen LogP contribution in [0.25, 0.3) is 0 Å². The summed E-state index contributed by atoms with van der Waals surface area (Å²) in [5.74, 6) is -2.80. The molecule has 0 saturated heterocycles. The number of carbonyl (C=O) groups excluding carboxylic acids is 3. The van der Waals surface area contributed by atoms with E-state index in [-0.39, 0.29) is 12.8 Å². The Bertz CT molecular complexity index is 940. The minimum absolute atomic E-state index is 0.113. The van der Waals surface area contributed by atoms with E-state index in [1.807, 2.05) is 24.3 Å². The van der Waals surface area contributed by atoms with E-state index in [1.54, 1.807) is 24.3 Å². The molecule has 2 rings (SSSR count). The van der Waals surface area contributed by atoms with Crippen LogP contribution in [0.2, 0.25) is 0 Å². The number of amides is 1. The molecule has 2 N–H and O–H groups in total. The monoisotopic (exact) mass is 517 g/mol. The van der Waals surface area contributed by atoms with Gasteiger partial charge in [0.15, 0.2) is 0 Å². The first-order valence-corrected chi connectivity index (χ1v) is 11.7. The third-order valence-corrected chi connectivity index (χ3v) is 5.41. The fourth-order valence-corrected chi connectivity index (χ4v) is 3.42. The van der Waals surface area contributed by atoms with E-state index >= 15 is 0 Å². The average Bonchev–Trinajstić information content (AvgIpc) is 2.76. The molecule has 0 saturated carbocycles. The van der Waals surface area contributed by atoms with Gasteiger partial charge in [-0.15, -0.1) is 0 Å². The van der Waals surface area contributed by atoms with Crippen LogP contribution in [0.15, 0.2) is 53.0 Å². The average molecular weight is 518 g/mol. The van der Waals surface area contributed by atoms with Gasteiger partial charge in [0, 0.05) is 23.0 Å². The summed E-state index contributed by atoms with van der Waals surface area (Å²) in [4.78, 5) is 46.0. The summed E-state index contributed by atoms with van der Waals surface area (Å²) in [6, 6.07) is 15.1. The molecule has 2 aromatic carbocycles. The summed E-state index contributed by atoms with van der Waals surface area (Å²) in [6.45, 7) is 0. The number of halogens is 1. The van der Waals surface area contributed by atoms with Crippen LogP contribution in [0.1, 0.15) is 56.1 Å². The highest BCUT2D eigenvalue weighted by atomic mass is 79.9. The molecule has 0 atom stereocenters. The first-order chi connectivity index (χ1) is 15.8. The molecule has 7 nitrogen and oxygen atoms in total. The Morgan fingerprint density at radius 2 is 1.30 bits per heavy atom. The fourth-order valence-electron chi connectivity index (χ4n) is 3.16. The quantitative estimate of drug-likeness (QED) is 0.218. The van der Waals surface area contributed by atoms with Gasteiger partial charge in [-0.05, 0) is 73.9 Å². The summed E-state index contributed by atoms with van der Waals surface area (Å²) >= 11 is 3.30. The molecule has 2 aromatic rings. The third kappa shape index (κ3) is 11.4. The number of anilines is 1. The fraction of sp³-hybridized carbons (Fsp3) is 0.360. The molecule has 0 aliphatic rings. The highest BCUT2D eigenvalue weighted by Crippen LogP contribution is 2.15. The van der Waals surface area contributed by atoms with Gasteiger partial charge >= 0.3 is 17.9 Å². The van der Waals surface area contributed by atoms with Crippen LogP contribution >= 0.6 is 15.9 Å². The van der Waals surface area contributed by atoms with Crippen molar-refractivity contribution in [2.24, 2.45) is 0 Å². The molecule has 1 amide bonds. The van der Waals surface area contributed by atoms with Gasteiger partial charge in [-0.1, -0.05) is 40.2 Å². The summed E-state index contributed by atoms with van der Waals surface area (Å²) < 4.78 is 5.59. The lowest BCUT2D eigenvalue weighted by Crippen LogP contribution is -2.20. The molecule has 176 valence electrons. The number of esters is 2. The zero-order valence-corrected chi connectivity index (χ0v) is 19.9. The number of unbranched alkanes of at least 4 members (excludes halogenated alkanes) is 2. The van der Waals surface area contributed by atoms with Crippen molar-refractivity contribution in [2.75, 3.05) is 5.32 Å². The van der Waals surface area contributed by atoms with Crippen molar-refractivity contribution in [3.63, 3.8) is 0 Å². The first kappa shape index (κ1) is 26.3. The standard InChI is InChI=1S/C25H28BrNO6/c26-20-13-15-21(16-14-20)27-22(28)17-25(32)33-24(31)8-4-2-6-19-11-9-18(10-12-19)5-1-3-7-23(29)30/h9-16H,1-8,17H2,(H,27,28)(H,29,30). The highest BCUT2D eigenvalue weighted by molar-refractivity contribution is 9.10. The lowest BCUT2D eigenvalue weighted by molar-refractivity contribution is -0.160. The van der Waals surface area contributed by atoms with Gasteiger partial charge in [0.05, 0.1) is 0 Å². The van der Waals surface area contributed by atoms with E-state index < -0.39 is 30.2 Å². The van der Waals surface area contributed by atoms with Crippen molar-refractivity contribution < 1.29 is 29.0 Å². The minimum Gasteiger partial charge on any atom is -0.481 e. The molecule has 0 aromatic heterocycles. The van der Waals surface area contributed by atoms with E-state index in [2.05, 4.69) is 21.2 Å². The normalized spacial score (nSPS) is 10.5. The number of nitrogens with one attached hydrogen (secondary N) is 1. The van der Waals surface area contributed by atoms with Gasteiger partial charge < -0.3 is 15.2 Å². The summed E-state index contributed by atoms with van der Waals surface area (Å²) in [7, 11) is 0. The number of rotatable bonds is 13. The number of aliphatic carboxylic acids is 1. The lowest BCUT2D eigenvalue weighted by Gasteiger charge is -2.06. The molecular formula is C25H28BrNO6. The minimum atomic E-state index is -0.867. The Kier molecular flexibility index (Phi) is 11.3. The predicted octanol–water partition coefficient (Wildman–Crippen LogP) is 5.06. The van der Waals surface area contributed by atoms with E-state index in [0.717, 1.165) is 35.7 Å². The van der Waals surface area contributed by atoms with Gasteiger partial charge in [0.2, 0.25) is 5.91 Å². The van der Waals surface area contributed by atoms with E-state index in [1.165, 1.54) is 5.56 Å². The van der Waals surface area contributed by atoms with Crippen LogP contribution < -0.4 is 5.32 Å². The van der Waals surface area contributed by atoms with Gasteiger partial charge in [-0.3, -0.25) is 19.2 Å². The van der Waals surface area contributed by atoms with Gasteiger partial charge in [0.1, 0.15) is 6.42 Å². The summed E-state index contributed by atoms with van der Waals surface area (Å²) in [5, 5.41) is 11.2. The maximum atomic E-state index is 11.9. The number of carboxylic acid groups (broad SMARTS) is 1. The maximum absolute atomic E-state index is 11.9. The van der Waals surface area contributed by atoms with Crippen molar-refractivity contribution in [3.05, 3.63) is 64.1 Å². The topological polar surface area (TPSA) is 110 Å². The second-order valence-electron chi connectivity index (χ2n) is 7.70. The number of hydrogen-bond donors (Lipinski definition) is 2. The highest BCUT2D eigenvalue weighted by Gasteiger charge is 2.15. The second-order valence-corrected chi connectivity index (χ2v) is 8.62. The molecule has 33 heavy (non-hydrogen) atoms. The molecule has 0 bridgehead atoms. The molecule has 0 unspecified atom stereocenters. The van der Waals surface area contributed by atoms with Gasteiger partial charge in [0.25, 0.3) is 0 Å². The van der Waals surface area contributed by atoms with Crippen molar-refractivity contribution in [1.29, 1.82) is 0 Å². The van der Waals surface area contributed by atoms with Crippen LogP contribution in [-0.4, -0.2) is 28.9 Å². The smallest absolute Gasteiger partial charge is 0.322 e. The molecule has 0 heterocycles. The molecule has 0 aliphatic heterocycles. The van der Waals surface area contributed by atoms with Gasteiger partial charge in [-0.2, -0.15) is 0 Å². The Morgan fingerprint density at radius 3 is 1.85 bits per heavy atom. The second kappa shape index (κ2) is 14.2. The Balaban J connectivity index is 1.58. The largest absolute Gasteiger partial charge is 0.481 e. The Morgan fingerprint density at radius 1 is 0.758 bits per heavy atom. The Labute approximate surface area is 201 Å². The van der Waals surface area contributed by atoms with Crippen LogP contribution in [0.5, 0.6) is 0 Å².